The summed E-state index contributed by atoms with van der Waals surface area (Å²) in [7, 11) is 0. The fourth-order valence-corrected chi connectivity index (χ4v) is 2.31. The number of nitrogens with one attached hydrogen (secondary N) is 2. The molecule has 1 rings (SSSR count). The van der Waals surface area contributed by atoms with Gasteiger partial charge in [-0.15, -0.1) is 0 Å². The van der Waals surface area contributed by atoms with Gasteiger partial charge in [0.25, 0.3) is 5.69 Å². The van der Waals surface area contributed by atoms with Crippen LogP contribution in [0.4, 0.5) is 11.4 Å². The van der Waals surface area contributed by atoms with Crippen LogP contribution in [0.3, 0.4) is 0 Å². The summed E-state index contributed by atoms with van der Waals surface area (Å²) in [4.78, 5) is 35.8. The van der Waals surface area contributed by atoms with Gasteiger partial charge in [-0.3, -0.25) is 19.7 Å². The molecule has 0 radical (unpaired) electrons. The van der Waals surface area contributed by atoms with Crippen molar-refractivity contribution in [3.63, 3.8) is 0 Å². The van der Waals surface area contributed by atoms with Gasteiger partial charge in [-0.1, -0.05) is 26.0 Å². The molecule has 0 unspecified atom stereocenters. The number of likely N-dealkylation sites (N-methyl/N-ethyl adjacent to an activating group) is 1. The van der Waals surface area contributed by atoms with Crippen LogP contribution in [0.5, 0.6) is 0 Å². The van der Waals surface area contributed by atoms with Crippen LogP contribution in [0.15, 0.2) is 24.3 Å². The lowest BCUT2D eigenvalue weighted by Gasteiger charge is -2.20. The number of aliphatic carboxylic acids is 1. The number of benzene rings is 1. The predicted octanol–water partition coefficient (Wildman–Crippen LogP) is 1.31. The molecule has 0 aromatic heterocycles. The lowest BCUT2D eigenvalue weighted by molar-refractivity contribution is -0.383. The van der Waals surface area contributed by atoms with Gasteiger partial charge >= 0.3 is 5.97 Å². The number of nitro benzene ring substituents is 1. The molecule has 25 heavy (non-hydrogen) atoms. The van der Waals surface area contributed by atoms with E-state index in [1.807, 2.05) is 13.8 Å². The number of rotatable bonds is 11. The highest BCUT2D eigenvalue weighted by atomic mass is 16.6. The van der Waals surface area contributed by atoms with Crippen molar-refractivity contribution >= 4 is 23.3 Å². The maximum Gasteiger partial charge on any atom is 0.321 e. The van der Waals surface area contributed by atoms with Crippen LogP contribution >= 0.6 is 0 Å². The molecular weight excluding hydrogens is 328 g/mol. The lowest BCUT2D eigenvalue weighted by atomic mass is 10.2. The number of anilines is 1. The van der Waals surface area contributed by atoms with Crippen molar-refractivity contribution in [2.45, 2.75) is 26.3 Å². The van der Waals surface area contributed by atoms with E-state index in [0.717, 1.165) is 13.1 Å². The van der Waals surface area contributed by atoms with Crippen LogP contribution in [-0.4, -0.2) is 59.0 Å². The van der Waals surface area contributed by atoms with Crippen LogP contribution in [0, 0.1) is 10.1 Å². The highest BCUT2D eigenvalue weighted by molar-refractivity contribution is 5.95. The lowest BCUT2D eigenvalue weighted by Crippen LogP contribution is -2.43. The van der Waals surface area contributed by atoms with Gasteiger partial charge in [0.05, 0.1) is 11.3 Å². The molecule has 0 aliphatic heterocycles. The zero-order chi connectivity index (χ0) is 18.8. The monoisotopic (exact) mass is 352 g/mol. The highest BCUT2D eigenvalue weighted by Crippen LogP contribution is 2.23. The topological polar surface area (TPSA) is 125 Å². The summed E-state index contributed by atoms with van der Waals surface area (Å²) in [5.41, 5.74) is -0.193. The number of para-hydroxylation sites is 2. The Hall–Kier alpha value is -2.52. The Bertz CT molecular complexity index is 604. The molecule has 1 amide bonds. The van der Waals surface area contributed by atoms with Crippen LogP contribution < -0.4 is 10.6 Å². The number of nitro groups is 1. The van der Waals surface area contributed by atoms with Crippen LogP contribution in [0.25, 0.3) is 0 Å². The fourth-order valence-electron chi connectivity index (χ4n) is 2.31. The Morgan fingerprint density at radius 3 is 2.48 bits per heavy atom. The average Bonchev–Trinajstić information content (AvgIpc) is 2.57. The molecule has 0 bridgehead atoms. The van der Waals surface area contributed by atoms with E-state index in [0.29, 0.717) is 13.1 Å². The summed E-state index contributed by atoms with van der Waals surface area (Å²) in [5.74, 6) is -1.74. The zero-order valence-corrected chi connectivity index (χ0v) is 14.4. The molecule has 138 valence electrons. The standard InChI is InChI=1S/C16H24N4O5/c1-3-19(4-2)10-9-17-13(16(22)23)11-15(21)18-12-7-5-6-8-14(12)20(24)25/h5-8,13,17H,3-4,9-11H2,1-2H3,(H,18,21)(H,22,23)/t13-/m0/s1. The van der Waals surface area contributed by atoms with Gasteiger partial charge in [0, 0.05) is 19.2 Å². The molecule has 9 heteroatoms. The first-order chi connectivity index (χ1) is 11.9. The quantitative estimate of drug-likeness (QED) is 0.405. The van der Waals surface area contributed by atoms with Crippen molar-refractivity contribution in [1.82, 2.24) is 10.2 Å². The second-order valence-electron chi connectivity index (χ2n) is 5.40. The Labute approximate surface area is 146 Å². The minimum atomic E-state index is -1.14. The van der Waals surface area contributed by atoms with E-state index in [-0.39, 0.29) is 17.8 Å². The number of carboxylic acids is 1. The van der Waals surface area contributed by atoms with Gasteiger partial charge in [-0.05, 0) is 19.2 Å². The van der Waals surface area contributed by atoms with Gasteiger partial charge in [0.2, 0.25) is 5.91 Å². The molecule has 0 fully saturated rings. The summed E-state index contributed by atoms with van der Waals surface area (Å²) in [5, 5.41) is 25.4. The van der Waals surface area contributed by atoms with E-state index >= 15 is 0 Å². The fraction of sp³-hybridized carbons (Fsp3) is 0.500. The SMILES string of the molecule is CCN(CC)CCN[C@@H](CC(=O)Nc1ccccc1[N+](=O)[O-])C(=O)O. The van der Waals surface area contributed by atoms with Crippen molar-refractivity contribution in [1.29, 1.82) is 0 Å². The molecule has 0 spiro atoms. The first-order valence-corrected chi connectivity index (χ1v) is 8.10. The minimum absolute atomic E-state index is 0.0461. The first-order valence-electron chi connectivity index (χ1n) is 8.10. The third kappa shape index (κ3) is 6.86. The maximum absolute atomic E-state index is 12.1. The number of carbonyl (C=O) groups is 2. The smallest absolute Gasteiger partial charge is 0.321 e. The molecule has 1 aromatic rings. The normalized spacial score (nSPS) is 12.0. The van der Waals surface area contributed by atoms with Gasteiger partial charge in [0.1, 0.15) is 11.7 Å². The molecule has 1 aromatic carbocycles. The second-order valence-corrected chi connectivity index (χ2v) is 5.40. The molecule has 0 saturated carbocycles. The van der Waals surface area contributed by atoms with Crippen molar-refractivity contribution in [3.05, 3.63) is 34.4 Å². The number of carbonyl (C=O) groups excluding carboxylic acids is 1. The number of nitrogens with zero attached hydrogens (tertiary/aromatic N) is 2. The summed E-state index contributed by atoms with van der Waals surface area (Å²) in [6.45, 7) is 6.83. The summed E-state index contributed by atoms with van der Waals surface area (Å²) in [6, 6.07) is 4.66. The number of hydrogen-bond acceptors (Lipinski definition) is 6. The average molecular weight is 352 g/mol. The van der Waals surface area contributed by atoms with E-state index < -0.39 is 22.8 Å². The Kier molecular flexibility index (Phi) is 8.51. The molecule has 0 saturated heterocycles. The molecule has 0 aliphatic carbocycles. The van der Waals surface area contributed by atoms with Gasteiger partial charge in [0.15, 0.2) is 0 Å². The first kappa shape index (κ1) is 20.5. The van der Waals surface area contributed by atoms with E-state index in [1.54, 1.807) is 6.07 Å². The molecule has 9 nitrogen and oxygen atoms in total. The van der Waals surface area contributed by atoms with E-state index in [2.05, 4.69) is 15.5 Å². The minimum Gasteiger partial charge on any atom is -0.480 e. The maximum atomic E-state index is 12.1. The predicted molar refractivity (Wildman–Crippen MR) is 93.6 cm³/mol. The second kappa shape index (κ2) is 10.4. The molecule has 0 heterocycles. The van der Waals surface area contributed by atoms with Gasteiger partial charge < -0.3 is 20.6 Å². The molecule has 0 aliphatic rings. The van der Waals surface area contributed by atoms with Crippen LogP contribution in [0.1, 0.15) is 20.3 Å². The molecule has 3 N–H and O–H groups in total. The van der Waals surface area contributed by atoms with E-state index in [4.69, 9.17) is 0 Å². The Morgan fingerprint density at radius 2 is 1.92 bits per heavy atom. The number of carboxylic acid groups (broad SMARTS) is 1. The highest BCUT2D eigenvalue weighted by Gasteiger charge is 2.22. The third-order valence-electron chi connectivity index (χ3n) is 3.78. The molecule has 1 atom stereocenters. The Balaban J connectivity index is 2.62. The van der Waals surface area contributed by atoms with Gasteiger partial charge in [-0.25, -0.2) is 0 Å². The van der Waals surface area contributed by atoms with Gasteiger partial charge in [-0.2, -0.15) is 0 Å². The van der Waals surface area contributed by atoms with Crippen molar-refractivity contribution < 1.29 is 19.6 Å². The van der Waals surface area contributed by atoms with Crippen molar-refractivity contribution in [2.24, 2.45) is 0 Å². The summed E-state index contributed by atoms with van der Waals surface area (Å²) >= 11 is 0. The summed E-state index contributed by atoms with van der Waals surface area (Å²) in [6.07, 6.45) is -0.320. The zero-order valence-electron chi connectivity index (χ0n) is 14.4. The van der Waals surface area contributed by atoms with Crippen molar-refractivity contribution in [3.8, 4) is 0 Å². The Morgan fingerprint density at radius 1 is 1.28 bits per heavy atom. The largest absolute Gasteiger partial charge is 0.480 e. The van der Waals surface area contributed by atoms with Crippen LogP contribution in [-0.2, 0) is 9.59 Å². The van der Waals surface area contributed by atoms with E-state index in [1.165, 1.54) is 18.2 Å². The van der Waals surface area contributed by atoms with Crippen LogP contribution in [0.2, 0.25) is 0 Å². The third-order valence-corrected chi connectivity index (χ3v) is 3.78. The number of hydrogen-bond donors (Lipinski definition) is 3. The van der Waals surface area contributed by atoms with Crippen molar-refractivity contribution in [2.75, 3.05) is 31.5 Å². The molecular formula is C16H24N4O5. The number of amides is 1. The summed E-state index contributed by atoms with van der Waals surface area (Å²) < 4.78 is 0. The van der Waals surface area contributed by atoms with E-state index in [9.17, 15) is 24.8 Å².